The van der Waals surface area contributed by atoms with Crippen LogP contribution in [0, 0.1) is 0 Å². The van der Waals surface area contributed by atoms with E-state index in [0.29, 0.717) is 16.1 Å². The number of aromatic nitrogens is 1. The van der Waals surface area contributed by atoms with E-state index in [9.17, 15) is 18.0 Å². The van der Waals surface area contributed by atoms with Crippen LogP contribution in [0.1, 0.15) is 69.0 Å². The third-order valence-electron chi connectivity index (χ3n) is 6.76. The van der Waals surface area contributed by atoms with Gasteiger partial charge in [0, 0.05) is 35.4 Å². The van der Waals surface area contributed by atoms with Crippen molar-refractivity contribution in [2.45, 2.75) is 75.4 Å². The quantitative estimate of drug-likeness (QED) is 0.218. The predicted molar refractivity (Wildman–Crippen MR) is 156 cm³/mol. The van der Waals surface area contributed by atoms with Crippen LogP contribution in [-0.4, -0.2) is 42.7 Å². The largest absolute Gasteiger partial charge is 0.465 e. The number of carbonyl (C=O) groups excluding carboxylic acids is 1. The van der Waals surface area contributed by atoms with Crippen LogP contribution in [0.15, 0.2) is 59.6 Å². The van der Waals surface area contributed by atoms with E-state index in [0.717, 1.165) is 36.3 Å². The van der Waals surface area contributed by atoms with Crippen LogP contribution in [0.25, 0.3) is 10.4 Å². The monoisotopic (exact) mass is 585 g/mol. The van der Waals surface area contributed by atoms with Gasteiger partial charge in [0.25, 0.3) is 0 Å². The number of carboxylic acid groups (broad SMARTS) is 1. The smallest absolute Gasteiger partial charge is 0.404 e. The Morgan fingerprint density at radius 1 is 1.02 bits per heavy atom. The van der Waals surface area contributed by atoms with Gasteiger partial charge in [0.05, 0.1) is 20.8 Å². The molecule has 1 atom stereocenters. The summed E-state index contributed by atoms with van der Waals surface area (Å²) < 4.78 is 29.4. The lowest BCUT2D eigenvalue weighted by molar-refractivity contribution is 0.185. The van der Waals surface area contributed by atoms with E-state index < -0.39 is 22.1 Å². The summed E-state index contributed by atoms with van der Waals surface area (Å²) >= 11 is 1.44. The molecule has 0 aliphatic heterocycles. The van der Waals surface area contributed by atoms with Gasteiger partial charge in [0.1, 0.15) is 0 Å². The zero-order valence-corrected chi connectivity index (χ0v) is 24.3. The van der Waals surface area contributed by atoms with E-state index >= 15 is 0 Å². The van der Waals surface area contributed by atoms with Crippen LogP contribution in [0.3, 0.4) is 0 Å². The number of nitrogens with zero attached hydrogens (tertiary/aromatic N) is 1. The number of thiazole rings is 1. The van der Waals surface area contributed by atoms with E-state index in [1.54, 1.807) is 32.2 Å². The van der Waals surface area contributed by atoms with Gasteiger partial charge in [-0.15, -0.1) is 11.3 Å². The maximum absolute atomic E-state index is 13.4. The minimum absolute atomic E-state index is 0.0553. The highest BCUT2D eigenvalue weighted by Gasteiger charge is 2.27. The standard InChI is InChI=1S/C28H35N5O5S2/c1-17(2)33-40(37,38)25-15-22(31-27(34)30-18(3)19-7-5-4-6-8-19)13-14-23(25)24-16-29-26(39-24)20-9-11-21(12-10-20)32-28(35)36/h4-8,13-18,20-21,32-33H,9-12H2,1-3H3,(H,35,36)(H2,30,31,34)/t18-,20?,21?/m1/s1. The van der Waals surface area contributed by atoms with E-state index in [1.165, 1.54) is 17.4 Å². The van der Waals surface area contributed by atoms with E-state index in [1.807, 2.05) is 37.3 Å². The molecule has 214 valence electrons. The van der Waals surface area contributed by atoms with Crippen molar-refractivity contribution >= 4 is 39.2 Å². The van der Waals surface area contributed by atoms with Crippen LogP contribution >= 0.6 is 11.3 Å². The SMILES string of the molecule is CC(C)NS(=O)(=O)c1cc(NC(=O)N[C@H](C)c2ccccc2)ccc1-c1cnc(C2CCC(NC(=O)O)CC2)s1. The van der Waals surface area contributed by atoms with E-state index in [4.69, 9.17) is 5.11 Å². The molecule has 10 nitrogen and oxygen atoms in total. The highest BCUT2D eigenvalue weighted by molar-refractivity contribution is 7.89. The van der Waals surface area contributed by atoms with Gasteiger partial charge in [0.2, 0.25) is 10.0 Å². The molecule has 5 N–H and O–H groups in total. The minimum atomic E-state index is -3.90. The summed E-state index contributed by atoms with van der Waals surface area (Å²) in [5, 5.41) is 18.1. The molecule has 0 spiro atoms. The first-order valence-corrected chi connectivity index (χ1v) is 15.6. The lowest BCUT2D eigenvalue weighted by Gasteiger charge is -2.27. The molecule has 1 aromatic heterocycles. The maximum Gasteiger partial charge on any atom is 0.404 e. The molecule has 3 amide bonds. The lowest BCUT2D eigenvalue weighted by Crippen LogP contribution is -2.36. The fourth-order valence-electron chi connectivity index (χ4n) is 4.85. The van der Waals surface area contributed by atoms with Crippen molar-refractivity contribution in [3.05, 3.63) is 65.3 Å². The van der Waals surface area contributed by atoms with Crippen molar-refractivity contribution in [3.8, 4) is 10.4 Å². The molecular formula is C28H35N5O5S2. The Balaban J connectivity index is 1.55. The first-order valence-electron chi connectivity index (χ1n) is 13.3. The number of nitrogens with one attached hydrogen (secondary N) is 4. The summed E-state index contributed by atoms with van der Waals surface area (Å²) in [5.74, 6) is 0.190. The number of sulfonamides is 1. The number of rotatable bonds is 9. The fraction of sp³-hybridized carbons (Fsp3) is 0.393. The van der Waals surface area contributed by atoms with Crippen LogP contribution in [0.4, 0.5) is 15.3 Å². The Hall–Kier alpha value is -3.48. The Morgan fingerprint density at radius 3 is 2.38 bits per heavy atom. The van der Waals surface area contributed by atoms with Crippen molar-refractivity contribution < 1.29 is 23.1 Å². The van der Waals surface area contributed by atoms with Gasteiger partial charge in [-0.1, -0.05) is 36.4 Å². The molecule has 1 saturated carbocycles. The van der Waals surface area contributed by atoms with Gasteiger partial charge < -0.3 is 21.1 Å². The lowest BCUT2D eigenvalue weighted by atomic mass is 9.86. The zero-order valence-electron chi connectivity index (χ0n) is 22.7. The number of carbonyl (C=O) groups is 2. The van der Waals surface area contributed by atoms with Gasteiger partial charge in [-0.3, -0.25) is 0 Å². The minimum Gasteiger partial charge on any atom is -0.465 e. The molecule has 1 aliphatic rings. The van der Waals surface area contributed by atoms with Crippen molar-refractivity contribution in [2.24, 2.45) is 0 Å². The van der Waals surface area contributed by atoms with Crippen molar-refractivity contribution in [1.29, 1.82) is 0 Å². The summed E-state index contributed by atoms with van der Waals surface area (Å²) in [6, 6.07) is 13.3. The maximum atomic E-state index is 13.4. The van der Waals surface area contributed by atoms with Gasteiger partial charge in [-0.05, 0) is 64.2 Å². The Kier molecular flexibility index (Phi) is 9.44. The molecule has 0 saturated heterocycles. The molecular weight excluding hydrogens is 550 g/mol. The molecule has 1 heterocycles. The molecule has 0 bridgehead atoms. The molecule has 3 aromatic rings. The molecule has 12 heteroatoms. The zero-order chi connectivity index (χ0) is 28.9. The summed E-state index contributed by atoms with van der Waals surface area (Å²) in [4.78, 5) is 29.0. The van der Waals surface area contributed by atoms with E-state index in [2.05, 4.69) is 25.7 Å². The number of anilines is 1. The Bertz CT molecular complexity index is 1430. The second kappa shape index (κ2) is 12.8. The van der Waals surface area contributed by atoms with Crippen molar-refractivity contribution in [1.82, 2.24) is 20.3 Å². The third-order valence-corrected chi connectivity index (χ3v) is 9.65. The highest BCUT2D eigenvalue weighted by atomic mass is 32.2. The normalized spacial score (nSPS) is 18.2. The van der Waals surface area contributed by atoms with E-state index in [-0.39, 0.29) is 28.9 Å². The molecule has 0 radical (unpaired) electrons. The number of benzene rings is 2. The number of urea groups is 1. The summed E-state index contributed by atoms with van der Waals surface area (Å²) in [7, 11) is -3.90. The second-order valence-electron chi connectivity index (χ2n) is 10.3. The number of hydrogen-bond donors (Lipinski definition) is 5. The average molecular weight is 586 g/mol. The Labute approximate surface area is 238 Å². The molecule has 0 unspecified atom stereocenters. The average Bonchev–Trinajstić information content (AvgIpc) is 3.39. The van der Waals surface area contributed by atoms with Crippen LogP contribution in [0.2, 0.25) is 0 Å². The van der Waals surface area contributed by atoms with Crippen molar-refractivity contribution in [3.63, 3.8) is 0 Å². The molecule has 40 heavy (non-hydrogen) atoms. The summed E-state index contributed by atoms with van der Waals surface area (Å²) in [6.07, 6.45) is 3.75. The number of amides is 3. The first kappa shape index (κ1) is 29.5. The molecule has 2 aromatic carbocycles. The summed E-state index contributed by atoms with van der Waals surface area (Å²) in [6.45, 7) is 5.37. The van der Waals surface area contributed by atoms with Gasteiger partial charge in [-0.2, -0.15) is 0 Å². The molecule has 1 aliphatic carbocycles. The van der Waals surface area contributed by atoms with Gasteiger partial charge >= 0.3 is 12.1 Å². The molecule has 1 fully saturated rings. The fourth-order valence-corrected chi connectivity index (χ4v) is 7.54. The summed E-state index contributed by atoms with van der Waals surface area (Å²) in [5.41, 5.74) is 1.80. The van der Waals surface area contributed by atoms with Crippen LogP contribution < -0.4 is 20.7 Å². The number of hydrogen-bond acceptors (Lipinski definition) is 6. The van der Waals surface area contributed by atoms with Crippen LogP contribution in [-0.2, 0) is 10.0 Å². The highest BCUT2D eigenvalue weighted by Crippen LogP contribution is 2.40. The third kappa shape index (κ3) is 7.58. The van der Waals surface area contributed by atoms with Crippen molar-refractivity contribution in [2.75, 3.05) is 5.32 Å². The van der Waals surface area contributed by atoms with Gasteiger partial charge in [0.15, 0.2) is 0 Å². The Morgan fingerprint density at radius 2 is 1.73 bits per heavy atom. The van der Waals surface area contributed by atoms with Gasteiger partial charge in [-0.25, -0.2) is 27.7 Å². The molecule has 4 rings (SSSR count). The first-order chi connectivity index (χ1) is 19.0. The van der Waals surface area contributed by atoms with Crippen LogP contribution in [0.5, 0.6) is 0 Å². The topological polar surface area (TPSA) is 150 Å². The second-order valence-corrected chi connectivity index (χ2v) is 13.0. The predicted octanol–water partition coefficient (Wildman–Crippen LogP) is 5.67.